The van der Waals surface area contributed by atoms with E-state index in [1.807, 2.05) is 18.2 Å². The minimum atomic E-state index is -1.20. The van der Waals surface area contributed by atoms with Gasteiger partial charge in [-0.3, -0.25) is 4.79 Å². The molecule has 0 bridgehead atoms. The van der Waals surface area contributed by atoms with Gasteiger partial charge in [-0.25, -0.2) is 23.8 Å². The van der Waals surface area contributed by atoms with Crippen LogP contribution in [0.15, 0.2) is 48.8 Å². The van der Waals surface area contributed by atoms with Crippen LogP contribution in [0.25, 0.3) is 33.8 Å². The van der Waals surface area contributed by atoms with Crippen molar-refractivity contribution in [2.45, 2.75) is 90.1 Å². The number of hydrogen-bond donors (Lipinski definition) is 1. The van der Waals surface area contributed by atoms with Crippen LogP contribution in [0.5, 0.6) is 0 Å². The second-order valence-electron chi connectivity index (χ2n) is 13.5. The molecule has 12 heteroatoms. The highest BCUT2D eigenvalue weighted by molar-refractivity contribution is 6.76. The quantitative estimate of drug-likeness (QED) is 0.166. The van der Waals surface area contributed by atoms with Crippen LogP contribution in [0.2, 0.25) is 25.7 Å². The first-order valence-corrected chi connectivity index (χ1v) is 18.8. The van der Waals surface area contributed by atoms with Gasteiger partial charge >= 0.3 is 6.09 Å². The van der Waals surface area contributed by atoms with Gasteiger partial charge in [-0.2, -0.15) is 0 Å². The molecule has 0 spiro atoms. The van der Waals surface area contributed by atoms with E-state index in [9.17, 15) is 9.59 Å². The lowest BCUT2D eigenvalue weighted by molar-refractivity contribution is -0.126. The molecule has 2 aromatic heterocycles. The first-order chi connectivity index (χ1) is 20.8. The van der Waals surface area contributed by atoms with E-state index in [0.717, 1.165) is 11.6 Å². The fourth-order valence-corrected chi connectivity index (χ4v) is 6.04. The SMILES string of the molecule is CC(C)(C)OC(=O)N[C@H]1CCC[C@@H](n2c(-c3ccccc3F)nc3ccc(-c4ncn(COCC[Si](C)(C)C)n4)cc32)C1=O. The van der Waals surface area contributed by atoms with Gasteiger partial charge in [0, 0.05) is 20.2 Å². The van der Waals surface area contributed by atoms with Gasteiger partial charge in [-0.15, -0.1) is 5.10 Å². The van der Waals surface area contributed by atoms with Gasteiger partial charge in [0.15, 0.2) is 11.6 Å². The number of halogens is 1. The molecule has 2 atom stereocenters. The van der Waals surface area contributed by atoms with Crippen molar-refractivity contribution in [1.82, 2.24) is 29.6 Å². The molecule has 44 heavy (non-hydrogen) atoms. The third-order valence-electron chi connectivity index (χ3n) is 7.46. The van der Waals surface area contributed by atoms with Crippen LogP contribution in [-0.2, 0) is 21.0 Å². The number of carbonyl (C=O) groups is 2. The van der Waals surface area contributed by atoms with Crippen LogP contribution in [0.1, 0.15) is 46.1 Å². The highest BCUT2D eigenvalue weighted by Crippen LogP contribution is 2.36. The second kappa shape index (κ2) is 12.6. The lowest BCUT2D eigenvalue weighted by Gasteiger charge is -2.31. The first kappa shape index (κ1) is 31.5. The zero-order valence-electron chi connectivity index (χ0n) is 26.3. The van der Waals surface area contributed by atoms with Crippen molar-refractivity contribution in [3.8, 4) is 22.8 Å². The van der Waals surface area contributed by atoms with Crippen LogP contribution < -0.4 is 5.32 Å². The number of ketones is 1. The molecule has 1 saturated carbocycles. The highest BCUT2D eigenvalue weighted by Gasteiger charge is 2.37. The molecule has 0 radical (unpaired) electrons. The number of nitrogens with one attached hydrogen (secondary N) is 1. The average molecular weight is 621 g/mol. The van der Waals surface area contributed by atoms with Crippen molar-refractivity contribution in [2.24, 2.45) is 0 Å². The molecule has 0 saturated heterocycles. The largest absolute Gasteiger partial charge is 0.444 e. The van der Waals surface area contributed by atoms with Gasteiger partial charge < -0.3 is 19.4 Å². The van der Waals surface area contributed by atoms with Gasteiger partial charge in [0.25, 0.3) is 0 Å². The molecule has 0 unspecified atom stereocenters. The number of rotatable bonds is 9. The Balaban J connectivity index is 1.49. The van der Waals surface area contributed by atoms with Crippen molar-refractivity contribution in [2.75, 3.05) is 6.61 Å². The zero-order chi connectivity index (χ0) is 31.6. The fourth-order valence-electron chi connectivity index (χ4n) is 5.29. The number of amides is 1. The van der Waals surface area contributed by atoms with Crippen molar-refractivity contribution in [1.29, 1.82) is 0 Å². The third kappa shape index (κ3) is 7.41. The molecule has 5 rings (SSSR count). The molecule has 1 aliphatic carbocycles. The van der Waals surface area contributed by atoms with Crippen LogP contribution in [0.4, 0.5) is 9.18 Å². The Morgan fingerprint density at radius 2 is 1.91 bits per heavy atom. The van der Waals surface area contributed by atoms with E-state index >= 15 is 4.39 Å². The summed E-state index contributed by atoms with van der Waals surface area (Å²) in [5, 5.41) is 7.36. The lowest BCUT2D eigenvalue weighted by Crippen LogP contribution is -2.48. The lowest BCUT2D eigenvalue weighted by atomic mass is 9.89. The van der Waals surface area contributed by atoms with Crippen molar-refractivity contribution in [3.05, 3.63) is 54.6 Å². The number of ether oxygens (including phenoxy) is 2. The van der Waals surface area contributed by atoms with Crippen LogP contribution >= 0.6 is 0 Å². The molecule has 4 aromatic rings. The number of hydrogen-bond acceptors (Lipinski definition) is 7. The number of carbonyl (C=O) groups excluding carboxylic acids is 2. The normalized spacial score (nSPS) is 17.7. The topological polar surface area (TPSA) is 113 Å². The minimum absolute atomic E-state index is 0.178. The maximum absolute atomic E-state index is 15.1. The molecule has 0 aliphatic heterocycles. The molecular weight excluding hydrogens is 579 g/mol. The van der Waals surface area contributed by atoms with Gasteiger partial charge in [0.1, 0.15) is 30.3 Å². The third-order valence-corrected chi connectivity index (χ3v) is 9.17. The Morgan fingerprint density at radius 1 is 1.14 bits per heavy atom. The fraction of sp³-hybridized carbons (Fsp3) is 0.469. The first-order valence-electron chi connectivity index (χ1n) is 15.1. The van der Waals surface area contributed by atoms with E-state index < -0.39 is 37.7 Å². The molecule has 1 amide bonds. The molecule has 1 N–H and O–H groups in total. The molecule has 1 fully saturated rings. The predicted molar refractivity (Wildman–Crippen MR) is 169 cm³/mol. The standard InChI is InChI=1S/C32H41FN6O4Si/c1-32(2,3)43-31(41)36-25-12-9-13-26(28(25)40)39-27-18-21(29-34-19-38(37-29)20-42-16-17-44(4,5)6)14-15-24(27)35-30(39)22-10-7-8-11-23(22)33/h7-8,10-11,14-15,18-19,25-26H,9,12-13,16-17,20H2,1-6H3,(H,36,41)/t25-,26+/m0/s1. The van der Waals surface area contributed by atoms with Crippen LogP contribution in [-0.4, -0.2) is 62.5 Å². The molecule has 2 heterocycles. The maximum Gasteiger partial charge on any atom is 0.408 e. The molecule has 10 nitrogen and oxygen atoms in total. The highest BCUT2D eigenvalue weighted by atomic mass is 28.3. The monoisotopic (exact) mass is 620 g/mol. The van der Waals surface area contributed by atoms with E-state index in [0.29, 0.717) is 55.3 Å². The average Bonchev–Trinajstić information content (AvgIpc) is 3.56. The van der Waals surface area contributed by atoms with Crippen LogP contribution in [0, 0.1) is 5.82 Å². The number of alkyl carbamates (subject to hydrolysis) is 1. The van der Waals surface area contributed by atoms with Crippen molar-refractivity contribution >= 4 is 31.0 Å². The Morgan fingerprint density at radius 3 is 2.64 bits per heavy atom. The number of fused-ring (bicyclic) bond motifs is 1. The smallest absolute Gasteiger partial charge is 0.408 e. The number of aromatic nitrogens is 5. The van der Waals surface area contributed by atoms with E-state index in [2.05, 4.69) is 35.0 Å². The van der Waals surface area contributed by atoms with E-state index in [4.69, 9.17) is 14.5 Å². The number of Topliss-reactive ketones (excluding diaryl/α,β-unsaturated/α-hetero) is 1. The number of benzene rings is 2. The summed E-state index contributed by atoms with van der Waals surface area (Å²) in [6, 6.07) is 11.6. The Labute approximate surface area is 258 Å². The van der Waals surface area contributed by atoms with Gasteiger partial charge in [0.05, 0.1) is 28.7 Å². The summed E-state index contributed by atoms with van der Waals surface area (Å²) in [5.74, 6) is 0.230. The summed E-state index contributed by atoms with van der Waals surface area (Å²) in [6.07, 6.45) is 2.67. The summed E-state index contributed by atoms with van der Waals surface area (Å²) >= 11 is 0. The van der Waals surface area contributed by atoms with Gasteiger partial charge in [-0.1, -0.05) is 31.8 Å². The zero-order valence-corrected chi connectivity index (χ0v) is 27.3. The molecule has 234 valence electrons. The Hall–Kier alpha value is -3.90. The van der Waals surface area contributed by atoms with E-state index in [-0.39, 0.29) is 11.3 Å². The summed E-state index contributed by atoms with van der Waals surface area (Å²) in [4.78, 5) is 35.8. The van der Waals surface area contributed by atoms with E-state index in [1.165, 1.54) is 6.07 Å². The van der Waals surface area contributed by atoms with Crippen molar-refractivity contribution < 1.29 is 23.5 Å². The summed E-state index contributed by atoms with van der Waals surface area (Å²) in [6.45, 7) is 13.2. The minimum Gasteiger partial charge on any atom is -0.444 e. The van der Waals surface area contributed by atoms with E-state index in [1.54, 1.807) is 54.5 Å². The molecular formula is C32H41FN6O4Si. The van der Waals surface area contributed by atoms with Gasteiger partial charge in [-0.05, 0) is 76.4 Å². The van der Waals surface area contributed by atoms with Crippen LogP contribution in [0.3, 0.4) is 0 Å². The van der Waals surface area contributed by atoms with Gasteiger partial charge in [0.2, 0.25) is 0 Å². The van der Waals surface area contributed by atoms with Crippen molar-refractivity contribution in [3.63, 3.8) is 0 Å². The second-order valence-corrected chi connectivity index (χ2v) is 19.1. The number of nitrogens with zero attached hydrogens (tertiary/aromatic N) is 5. The molecule has 2 aromatic carbocycles. The number of imidazole rings is 1. The maximum atomic E-state index is 15.1. The summed E-state index contributed by atoms with van der Waals surface area (Å²) < 4.78 is 29.8. The Kier molecular flexibility index (Phi) is 9.03. The Bertz CT molecular complexity index is 1650. The molecule has 1 aliphatic rings. The summed E-state index contributed by atoms with van der Waals surface area (Å²) in [7, 11) is -1.20. The predicted octanol–water partition coefficient (Wildman–Crippen LogP) is 6.60. The summed E-state index contributed by atoms with van der Waals surface area (Å²) in [5.41, 5.74) is 1.58.